The number of hydrogen-bond acceptors (Lipinski definition) is 4. The van der Waals surface area contributed by atoms with Crippen molar-refractivity contribution in [3.05, 3.63) is 29.3 Å². The first kappa shape index (κ1) is 17.1. The lowest BCUT2D eigenvalue weighted by Crippen LogP contribution is -2.28. The molecule has 1 aromatic carbocycles. The summed E-state index contributed by atoms with van der Waals surface area (Å²) in [7, 11) is -5.62. The molecule has 0 saturated carbocycles. The Balaban J connectivity index is 2.03. The minimum atomic E-state index is -5.62. The van der Waals surface area contributed by atoms with Gasteiger partial charge in [-0.25, -0.2) is 0 Å². The maximum atomic E-state index is 12.3. The molecule has 0 radical (unpaired) electrons. The van der Waals surface area contributed by atoms with Crippen molar-refractivity contribution in [2.45, 2.75) is 31.7 Å². The molecule has 1 aliphatic rings. The van der Waals surface area contributed by atoms with E-state index in [4.69, 9.17) is 0 Å². The number of alkyl halides is 3. The van der Waals surface area contributed by atoms with Crippen molar-refractivity contribution in [3.8, 4) is 5.75 Å². The molecule has 0 aliphatic carbocycles. The van der Waals surface area contributed by atoms with Gasteiger partial charge < -0.3 is 9.08 Å². The second kappa shape index (κ2) is 6.45. The minimum absolute atomic E-state index is 0.290. The molecule has 0 spiro atoms. The van der Waals surface area contributed by atoms with Gasteiger partial charge in [0.1, 0.15) is 5.75 Å². The van der Waals surface area contributed by atoms with Gasteiger partial charge in [0, 0.05) is 6.54 Å². The summed E-state index contributed by atoms with van der Waals surface area (Å²) in [5, 5.41) is 0. The fourth-order valence-corrected chi connectivity index (χ4v) is 2.94. The molecule has 22 heavy (non-hydrogen) atoms. The lowest BCUT2D eigenvalue weighted by atomic mass is 10.1. The fourth-order valence-electron chi connectivity index (χ4n) is 2.42. The van der Waals surface area contributed by atoms with Crippen molar-refractivity contribution in [2.75, 3.05) is 19.6 Å². The molecule has 124 valence electrons. The van der Waals surface area contributed by atoms with Crippen LogP contribution in [0.15, 0.2) is 18.2 Å². The van der Waals surface area contributed by atoms with Crippen LogP contribution in [0.25, 0.3) is 0 Å². The monoisotopic (exact) mass is 337 g/mol. The standard InChI is InChI=1S/C14H18F3NO3S/c1-11-10-12(6-9-18-7-2-3-8-18)4-5-13(11)21-22(19,20)14(15,16)17/h4-5,10H,2-3,6-9H2,1H3. The summed E-state index contributed by atoms with van der Waals surface area (Å²) in [6.45, 7) is 4.56. The summed E-state index contributed by atoms with van der Waals surface area (Å²) in [5.41, 5.74) is -4.11. The predicted molar refractivity (Wildman–Crippen MR) is 76.2 cm³/mol. The molecule has 0 amide bonds. The molecule has 1 fully saturated rings. The lowest BCUT2D eigenvalue weighted by molar-refractivity contribution is -0.0500. The molecule has 0 atom stereocenters. The number of rotatable bonds is 5. The number of halogens is 3. The molecular weight excluding hydrogens is 319 g/mol. The number of hydrogen-bond donors (Lipinski definition) is 0. The summed E-state index contributed by atoms with van der Waals surface area (Å²) >= 11 is 0. The average Bonchev–Trinajstić information content (AvgIpc) is 2.91. The van der Waals surface area contributed by atoms with Crippen LogP contribution >= 0.6 is 0 Å². The van der Waals surface area contributed by atoms with Crippen LogP contribution in [-0.2, 0) is 16.5 Å². The fraction of sp³-hybridized carbons (Fsp3) is 0.571. The SMILES string of the molecule is Cc1cc(CCN2CCCC2)ccc1OS(=O)(=O)C(F)(F)F. The lowest BCUT2D eigenvalue weighted by Gasteiger charge is -2.15. The highest BCUT2D eigenvalue weighted by atomic mass is 32.2. The molecular formula is C14H18F3NO3S. The van der Waals surface area contributed by atoms with Crippen LogP contribution in [0.4, 0.5) is 13.2 Å². The first-order valence-electron chi connectivity index (χ1n) is 7.02. The van der Waals surface area contributed by atoms with E-state index in [2.05, 4.69) is 9.08 Å². The summed E-state index contributed by atoms with van der Waals surface area (Å²) in [6, 6.07) is 4.54. The van der Waals surface area contributed by atoms with Crippen LogP contribution in [0.3, 0.4) is 0 Å². The highest BCUT2D eigenvalue weighted by molar-refractivity contribution is 7.88. The third-order valence-electron chi connectivity index (χ3n) is 3.64. The number of likely N-dealkylation sites (tertiary alicyclic amines) is 1. The molecule has 0 N–H and O–H groups in total. The van der Waals surface area contributed by atoms with E-state index < -0.39 is 15.6 Å². The zero-order chi connectivity index (χ0) is 16.4. The minimum Gasteiger partial charge on any atom is -0.376 e. The van der Waals surface area contributed by atoms with E-state index in [-0.39, 0.29) is 5.75 Å². The van der Waals surface area contributed by atoms with E-state index in [1.807, 2.05) is 0 Å². The van der Waals surface area contributed by atoms with Crippen LogP contribution in [0.1, 0.15) is 24.0 Å². The van der Waals surface area contributed by atoms with Gasteiger partial charge in [-0.1, -0.05) is 12.1 Å². The molecule has 0 bridgehead atoms. The molecule has 2 rings (SSSR count). The summed E-state index contributed by atoms with van der Waals surface area (Å²) < 4.78 is 63.1. The normalized spacial score (nSPS) is 16.9. The zero-order valence-corrected chi connectivity index (χ0v) is 13.0. The van der Waals surface area contributed by atoms with E-state index in [0.29, 0.717) is 5.56 Å². The van der Waals surface area contributed by atoms with Gasteiger partial charge in [0.25, 0.3) is 0 Å². The Kier molecular flexibility index (Phi) is 5.01. The van der Waals surface area contributed by atoms with Gasteiger partial charge in [-0.2, -0.15) is 21.6 Å². The van der Waals surface area contributed by atoms with E-state index >= 15 is 0 Å². The number of benzene rings is 1. The van der Waals surface area contributed by atoms with E-state index in [1.165, 1.54) is 25.8 Å². The Morgan fingerprint density at radius 3 is 2.41 bits per heavy atom. The maximum absolute atomic E-state index is 12.3. The second-order valence-corrected chi connectivity index (χ2v) is 6.92. The molecule has 8 heteroatoms. The van der Waals surface area contributed by atoms with Crippen molar-refractivity contribution in [1.29, 1.82) is 0 Å². The van der Waals surface area contributed by atoms with Gasteiger partial charge in [-0.15, -0.1) is 0 Å². The second-order valence-electron chi connectivity index (χ2n) is 5.38. The largest absolute Gasteiger partial charge is 0.534 e. The first-order valence-corrected chi connectivity index (χ1v) is 8.42. The zero-order valence-electron chi connectivity index (χ0n) is 12.2. The van der Waals surface area contributed by atoms with Crippen molar-refractivity contribution in [1.82, 2.24) is 4.90 Å². The summed E-state index contributed by atoms with van der Waals surface area (Å²) in [6.07, 6.45) is 3.16. The molecule has 1 saturated heterocycles. The van der Waals surface area contributed by atoms with Gasteiger partial charge in [-0.05, 0) is 56.5 Å². The first-order chi connectivity index (χ1) is 10.2. The molecule has 1 aliphatic heterocycles. The van der Waals surface area contributed by atoms with Crippen LogP contribution in [0, 0.1) is 6.92 Å². The molecule has 0 aromatic heterocycles. The Labute approximate surface area is 128 Å². The summed E-state index contributed by atoms with van der Waals surface area (Å²) in [5.74, 6) is -0.290. The molecule has 0 unspecified atom stereocenters. The molecule has 4 nitrogen and oxygen atoms in total. The topological polar surface area (TPSA) is 46.6 Å². The summed E-state index contributed by atoms with van der Waals surface area (Å²) in [4.78, 5) is 2.33. The Morgan fingerprint density at radius 1 is 1.23 bits per heavy atom. The average molecular weight is 337 g/mol. The van der Waals surface area contributed by atoms with Crippen molar-refractivity contribution in [2.24, 2.45) is 0 Å². The van der Waals surface area contributed by atoms with Crippen LogP contribution in [-0.4, -0.2) is 38.5 Å². The van der Waals surface area contributed by atoms with Gasteiger partial charge >= 0.3 is 15.6 Å². The Morgan fingerprint density at radius 2 is 1.86 bits per heavy atom. The quantitative estimate of drug-likeness (QED) is 0.612. The maximum Gasteiger partial charge on any atom is 0.534 e. The Hall–Kier alpha value is -1.28. The third-order valence-corrected chi connectivity index (χ3v) is 4.60. The van der Waals surface area contributed by atoms with E-state index in [0.717, 1.165) is 31.6 Å². The van der Waals surface area contributed by atoms with Crippen molar-refractivity contribution < 1.29 is 25.8 Å². The number of nitrogens with zero attached hydrogens (tertiary/aromatic N) is 1. The Bertz CT molecular complexity index is 623. The van der Waals surface area contributed by atoms with E-state index in [1.54, 1.807) is 12.1 Å². The molecule has 1 heterocycles. The van der Waals surface area contributed by atoms with Crippen LogP contribution < -0.4 is 4.18 Å². The molecule has 1 aromatic rings. The van der Waals surface area contributed by atoms with Crippen LogP contribution in [0.5, 0.6) is 5.75 Å². The van der Waals surface area contributed by atoms with Crippen LogP contribution in [0.2, 0.25) is 0 Å². The van der Waals surface area contributed by atoms with E-state index in [9.17, 15) is 21.6 Å². The van der Waals surface area contributed by atoms with Gasteiger partial charge in [0.2, 0.25) is 0 Å². The van der Waals surface area contributed by atoms with Gasteiger partial charge in [0.05, 0.1) is 0 Å². The van der Waals surface area contributed by atoms with Gasteiger partial charge in [0.15, 0.2) is 0 Å². The van der Waals surface area contributed by atoms with Gasteiger partial charge in [-0.3, -0.25) is 0 Å². The smallest absolute Gasteiger partial charge is 0.376 e. The van der Waals surface area contributed by atoms with Crippen molar-refractivity contribution in [3.63, 3.8) is 0 Å². The third kappa shape index (κ3) is 4.13. The highest BCUT2D eigenvalue weighted by Crippen LogP contribution is 2.29. The highest BCUT2D eigenvalue weighted by Gasteiger charge is 2.48. The van der Waals surface area contributed by atoms with Crippen molar-refractivity contribution >= 4 is 10.1 Å². The number of aryl methyl sites for hydroxylation is 1. The predicted octanol–water partition coefficient (Wildman–Crippen LogP) is 2.86.